The Bertz CT molecular complexity index is 419. The standard InChI is InChI=1S/C12H17N3S/c1-3-9(7-13-2)11-8-16-12(15-11)10-5-4-6-14-10/h4-6,8-9,13-14H,3,7H2,1-2H3. The SMILES string of the molecule is CCC(CNC)c1csc(-c2ccc[nH]2)n1. The van der Waals surface area contributed by atoms with Gasteiger partial charge in [0.25, 0.3) is 0 Å². The van der Waals surface area contributed by atoms with Crippen LogP contribution in [0.4, 0.5) is 0 Å². The highest BCUT2D eigenvalue weighted by Gasteiger charge is 2.13. The minimum atomic E-state index is 0.518. The normalized spacial score (nSPS) is 12.9. The number of H-pyrrole nitrogens is 1. The maximum absolute atomic E-state index is 4.69. The molecule has 0 aliphatic carbocycles. The van der Waals surface area contributed by atoms with E-state index in [9.17, 15) is 0 Å². The lowest BCUT2D eigenvalue weighted by Crippen LogP contribution is -2.16. The number of likely N-dealkylation sites (N-methyl/N-ethyl adjacent to an activating group) is 1. The summed E-state index contributed by atoms with van der Waals surface area (Å²) in [5.74, 6) is 0.518. The molecule has 4 heteroatoms. The van der Waals surface area contributed by atoms with E-state index in [1.54, 1.807) is 11.3 Å². The van der Waals surface area contributed by atoms with Crippen molar-refractivity contribution in [3.05, 3.63) is 29.4 Å². The third-order valence-corrected chi connectivity index (χ3v) is 3.61. The van der Waals surface area contributed by atoms with Gasteiger partial charge in [-0.05, 0) is 25.6 Å². The Morgan fingerprint density at radius 1 is 1.56 bits per heavy atom. The molecule has 0 radical (unpaired) electrons. The van der Waals surface area contributed by atoms with Gasteiger partial charge in [0.15, 0.2) is 0 Å². The van der Waals surface area contributed by atoms with E-state index in [-0.39, 0.29) is 0 Å². The van der Waals surface area contributed by atoms with E-state index >= 15 is 0 Å². The van der Waals surface area contributed by atoms with Gasteiger partial charge in [0.1, 0.15) is 5.01 Å². The average Bonchev–Trinajstić information content (AvgIpc) is 2.95. The zero-order chi connectivity index (χ0) is 11.4. The number of aromatic amines is 1. The molecule has 1 atom stereocenters. The highest BCUT2D eigenvalue weighted by atomic mass is 32.1. The summed E-state index contributed by atoms with van der Waals surface area (Å²) in [4.78, 5) is 7.88. The van der Waals surface area contributed by atoms with E-state index < -0.39 is 0 Å². The number of hydrogen-bond donors (Lipinski definition) is 2. The van der Waals surface area contributed by atoms with Crippen LogP contribution < -0.4 is 5.32 Å². The molecule has 0 aliphatic rings. The second-order valence-corrected chi connectivity index (χ2v) is 4.68. The summed E-state index contributed by atoms with van der Waals surface area (Å²) in [5, 5.41) is 6.46. The minimum Gasteiger partial charge on any atom is -0.359 e. The Morgan fingerprint density at radius 2 is 2.44 bits per heavy atom. The molecule has 0 aromatic carbocycles. The molecular weight excluding hydrogens is 218 g/mol. The monoisotopic (exact) mass is 235 g/mol. The molecule has 0 spiro atoms. The van der Waals surface area contributed by atoms with Crippen LogP contribution in [0.15, 0.2) is 23.7 Å². The van der Waals surface area contributed by atoms with Gasteiger partial charge in [-0.1, -0.05) is 6.92 Å². The molecule has 1 unspecified atom stereocenters. The lowest BCUT2D eigenvalue weighted by atomic mass is 10.0. The molecule has 3 nitrogen and oxygen atoms in total. The molecule has 0 saturated carbocycles. The molecule has 2 aromatic heterocycles. The van der Waals surface area contributed by atoms with Gasteiger partial charge in [-0.25, -0.2) is 4.98 Å². The highest BCUT2D eigenvalue weighted by molar-refractivity contribution is 7.13. The van der Waals surface area contributed by atoms with Crippen molar-refractivity contribution in [1.29, 1.82) is 0 Å². The van der Waals surface area contributed by atoms with E-state index in [4.69, 9.17) is 0 Å². The molecule has 0 aliphatic heterocycles. The molecule has 0 fully saturated rings. The van der Waals surface area contributed by atoms with Gasteiger partial charge in [-0.15, -0.1) is 11.3 Å². The fourth-order valence-electron chi connectivity index (χ4n) is 1.77. The maximum Gasteiger partial charge on any atom is 0.139 e. The van der Waals surface area contributed by atoms with Crippen LogP contribution in [-0.2, 0) is 0 Å². The van der Waals surface area contributed by atoms with Gasteiger partial charge < -0.3 is 10.3 Å². The Hall–Kier alpha value is -1.13. The van der Waals surface area contributed by atoms with Crippen LogP contribution in [0.2, 0.25) is 0 Å². The Kier molecular flexibility index (Phi) is 3.74. The molecule has 0 bridgehead atoms. The van der Waals surface area contributed by atoms with Crippen LogP contribution in [0, 0.1) is 0 Å². The van der Waals surface area contributed by atoms with Crippen molar-refractivity contribution in [2.75, 3.05) is 13.6 Å². The average molecular weight is 235 g/mol. The fourth-order valence-corrected chi connectivity index (χ4v) is 2.65. The van der Waals surface area contributed by atoms with Gasteiger partial charge in [-0.3, -0.25) is 0 Å². The second kappa shape index (κ2) is 5.27. The van der Waals surface area contributed by atoms with E-state index in [1.165, 1.54) is 5.69 Å². The Labute approximate surface area is 99.9 Å². The molecule has 0 saturated heterocycles. The van der Waals surface area contributed by atoms with E-state index in [0.29, 0.717) is 5.92 Å². The number of nitrogens with zero attached hydrogens (tertiary/aromatic N) is 1. The summed E-state index contributed by atoms with van der Waals surface area (Å²) >= 11 is 1.71. The van der Waals surface area contributed by atoms with Crippen molar-refractivity contribution in [3.63, 3.8) is 0 Å². The summed E-state index contributed by atoms with van der Waals surface area (Å²) < 4.78 is 0. The smallest absolute Gasteiger partial charge is 0.139 e. The van der Waals surface area contributed by atoms with Crippen LogP contribution >= 0.6 is 11.3 Å². The summed E-state index contributed by atoms with van der Waals surface area (Å²) in [5.41, 5.74) is 2.31. The van der Waals surface area contributed by atoms with E-state index in [2.05, 4.69) is 33.7 Å². The van der Waals surface area contributed by atoms with E-state index in [1.807, 2.05) is 19.3 Å². The quantitative estimate of drug-likeness (QED) is 0.836. The zero-order valence-corrected chi connectivity index (χ0v) is 10.5. The Balaban J connectivity index is 2.18. The molecule has 16 heavy (non-hydrogen) atoms. The first-order chi connectivity index (χ1) is 7.85. The molecule has 2 heterocycles. The summed E-state index contributed by atoms with van der Waals surface area (Å²) in [7, 11) is 1.99. The van der Waals surface area contributed by atoms with Crippen molar-refractivity contribution in [2.24, 2.45) is 0 Å². The van der Waals surface area contributed by atoms with Crippen molar-refractivity contribution in [2.45, 2.75) is 19.3 Å². The predicted octanol–water partition coefficient (Wildman–Crippen LogP) is 2.85. The minimum absolute atomic E-state index is 0.518. The third kappa shape index (κ3) is 2.33. The van der Waals surface area contributed by atoms with Gasteiger partial charge in [-0.2, -0.15) is 0 Å². The van der Waals surface area contributed by atoms with Gasteiger partial charge in [0.2, 0.25) is 0 Å². The molecule has 2 rings (SSSR count). The first-order valence-corrected chi connectivity index (χ1v) is 6.47. The van der Waals surface area contributed by atoms with Crippen LogP contribution in [0.25, 0.3) is 10.7 Å². The van der Waals surface area contributed by atoms with E-state index in [0.717, 1.165) is 23.7 Å². The lowest BCUT2D eigenvalue weighted by molar-refractivity contribution is 0.600. The number of nitrogens with one attached hydrogen (secondary N) is 2. The largest absolute Gasteiger partial charge is 0.359 e. The molecule has 2 aromatic rings. The number of rotatable bonds is 5. The van der Waals surface area contributed by atoms with Crippen LogP contribution in [0.1, 0.15) is 25.0 Å². The third-order valence-electron chi connectivity index (χ3n) is 2.71. The van der Waals surface area contributed by atoms with Crippen molar-refractivity contribution in [1.82, 2.24) is 15.3 Å². The first kappa shape index (κ1) is 11.4. The summed E-state index contributed by atoms with van der Waals surface area (Å²) in [6.45, 7) is 3.19. The Morgan fingerprint density at radius 3 is 3.06 bits per heavy atom. The number of hydrogen-bond acceptors (Lipinski definition) is 3. The summed E-state index contributed by atoms with van der Waals surface area (Å²) in [6.07, 6.45) is 3.05. The van der Waals surface area contributed by atoms with Crippen molar-refractivity contribution < 1.29 is 0 Å². The van der Waals surface area contributed by atoms with Crippen LogP contribution in [-0.4, -0.2) is 23.6 Å². The van der Waals surface area contributed by atoms with Crippen LogP contribution in [0.5, 0.6) is 0 Å². The molecule has 2 N–H and O–H groups in total. The predicted molar refractivity (Wildman–Crippen MR) is 68.9 cm³/mol. The fraction of sp³-hybridized carbons (Fsp3) is 0.417. The zero-order valence-electron chi connectivity index (χ0n) is 9.66. The van der Waals surface area contributed by atoms with Crippen molar-refractivity contribution in [3.8, 4) is 10.7 Å². The van der Waals surface area contributed by atoms with Gasteiger partial charge in [0, 0.05) is 24.0 Å². The maximum atomic E-state index is 4.69. The van der Waals surface area contributed by atoms with Crippen molar-refractivity contribution >= 4 is 11.3 Å². The van der Waals surface area contributed by atoms with Crippen LogP contribution in [0.3, 0.4) is 0 Å². The topological polar surface area (TPSA) is 40.7 Å². The lowest BCUT2D eigenvalue weighted by Gasteiger charge is -2.10. The molecule has 0 amide bonds. The highest BCUT2D eigenvalue weighted by Crippen LogP contribution is 2.26. The number of thiazole rings is 1. The molecular formula is C12H17N3S. The van der Waals surface area contributed by atoms with Gasteiger partial charge in [0.05, 0.1) is 11.4 Å². The second-order valence-electron chi connectivity index (χ2n) is 3.82. The summed E-state index contributed by atoms with van der Waals surface area (Å²) in [6, 6.07) is 4.06. The number of aromatic nitrogens is 2. The molecule has 86 valence electrons. The first-order valence-electron chi connectivity index (χ1n) is 5.59. The van der Waals surface area contributed by atoms with Gasteiger partial charge >= 0.3 is 0 Å².